The summed E-state index contributed by atoms with van der Waals surface area (Å²) in [5, 5.41) is 15.7. The lowest BCUT2D eigenvalue weighted by Crippen LogP contribution is -2.62. The SMILES string of the molecule is O=C(NC1CCC(C(=O)N2CCC(C(=O)O)CC2)CC1)NC12CC3CC(CC(C3)C1)C2. The van der Waals surface area contributed by atoms with Crippen molar-refractivity contribution < 1.29 is 19.5 Å². The van der Waals surface area contributed by atoms with Crippen LogP contribution >= 0.6 is 0 Å². The highest BCUT2D eigenvalue weighted by Gasteiger charge is 2.51. The Morgan fingerprint density at radius 2 is 1.32 bits per heavy atom. The predicted octanol–water partition coefficient (Wildman–Crippen LogP) is 3.14. The maximum Gasteiger partial charge on any atom is 0.315 e. The fraction of sp³-hybridized carbons (Fsp3) is 0.875. The fourth-order valence-electron chi connectivity index (χ4n) is 7.82. The summed E-state index contributed by atoms with van der Waals surface area (Å²) in [4.78, 5) is 38.6. The molecule has 3 amide bonds. The lowest BCUT2D eigenvalue weighted by molar-refractivity contribution is -0.147. The van der Waals surface area contributed by atoms with Gasteiger partial charge < -0.3 is 20.6 Å². The molecule has 5 saturated carbocycles. The Bertz CT molecular complexity index is 687. The first-order chi connectivity index (χ1) is 14.9. The highest BCUT2D eigenvalue weighted by atomic mass is 16.4. The van der Waals surface area contributed by atoms with Gasteiger partial charge in [-0.1, -0.05) is 0 Å². The van der Waals surface area contributed by atoms with Crippen molar-refractivity contribution in [1.82, 2.24) is 15.5 Å². The molecule has 3 N–H and O–H groups in total. The van der Waals surface area contributed by atoms with Crippen LogP contribution in [0.3, 0.4) is 0 Å². The zero-order valence-corrected chi connectivity index (χ0v) is 18.5. The van der Waals surface area contributed by atoms with Crippen molar-refractivity contribution in [1.29, 1.82) is 0 Å². The highest BCUT2D eigenvalue weighted by Crippen LogP contribution is 2.55. The van der Waals surface area contributed by atoms with Gasteiger partial charge in [0.2, 0.25) is 5.91 Å². The molecular weight excluding hydrogens is 394 g/mol. The lowest BCUT2D eigenvalue weighted by atomic mass is 9.53. The zero-order chi connectivity index (χ0) is 21.6. The van der Waals surface area contributed by atoms with Crippen molar-refractivity contribution >= 4 is 17.9 Å². The molecule has 31 heavy (non-hydrogen) atoms. The van der Waals surface area contributed by atoms with E-state index in [-0.39, 0.29) is 35.4 Å². The van der Waals surface area contributed by atoms with E-state index in [0.717, 1.165) is 62.7 Å². The van der Waals surface area contributed by atoms with Crippen LogP contribution in [0.4, 0.5) is 4.79 Å². The van der Waals surface area contributed by atoms with Gasteiger partial charge >= 0.3 is 12.0 Å². The molecular formula is C24H37N3O4. The molecule has 5 aliphatic carbocycles. The Morgan fingerprint density at radius 3 is 1.84 bits per heavy atom. The number of urea groups is 1. The fourth-order valence-corrected chi connectivity index (χ4v) is 7.82. The van der Waals surface area contributed by atoms with Gasteiger partial charge in [0.1, 0.15) is 0 Å². The van der Waals surface area contributed by atoms with Crippen LogP contribution in [-0.4, -0.2) is 52.6 Å². The summed E-state index contributed by atoms with van der Waals surface area (Å²) in [7, 11) is 0. The second kappa shape index (κ2) is 8.28. The van der Waals surface area contributed by atoms with Crippen LogP contribution in [0, 0.1) is 29.6 Å². The molecule has 1 heterocycles. The second-order valence-electron chi connectivity index (χ2n) is 11.3. The summed E-state index contributed by atoms with van der Waals surface area (Å²) in [5.74, 6) is 1.59. The number of nitrogens with one attached hydrogen (secondary N) is 2. The first-order valence-corrected chi connectivity index (χ1v) is 12.5. The molecule has 6 fully saturated rings. The molecule has 4 bridgehead atoms. The van der Waals surface area contributed by atoms with Gasteiger partial charge in [0.25, 0.3) is 0 Å². The Labute approximate surface area is 184 Å². The quantitative estimate of drug-likeness (QED) is 0.637. The van der Waals surface area contributed by atoms with E-state index in [4.69, 9.17) is 5.11 Å². The monoisotopic (exact) mass is 431 g/mol. The van der Waals surface area contributed by atoms with Crippen molar-refractivity contribution in [2.24, 2.45) is 29.6 Å². The molecule has 172 valence electrons. The van der Waals surface area contributed by atoms with E-state index in [9.17, 15) is 14.4 Å². The Balaban J connectivity index is 1.06. The second-order valence-corrected chi connectivity index (χ2v) is 11.3. The number of rotatable bonds is 4. The maximum atomic E-state index is 12.9. The standard InChI is InChI=1S/C24H37N3O4/c28-21(27-7-5-19(6-8-27)22(29)30)18-1-3-20(4-2-18)25-23(31)26-24-12-15-9-16(13-24)11-17(10-15)14-24/h15-20H,1-14H2,(H,29,30)(H2,25,26,31). The number of aliphatic carboxylic acids is 1. The molecule has 1 aliphatic heterocycles. The lowest BCUT2D eigenvalue weighted by Gasteiger charge is -2.56. The first kappa shape index (κ1) is 21.1. The van der Waals surface area contributed by atoms with Crippen LogP contribution in [-0.2, 0) is 9.59 Å². The number of hydrogen-bond donors (Lipinski definition) is 3. The number of amides is 3. The van der Waals surface area contributed by atoms with E-state index >= 15 is 0 Å². The summed E-state index contributed by atoms with van der Waals surface area (Å²) in [5.41, 5.74) is 0.0358. The number of piperidine rings is 1. The average molecular weight is 432 g/mol. The molecule has 0 atom stereocenters. The maximum absolute atomic E-state index is 12.9. The Morgan fingerprint density at radius 1 is 0.774 bits per heavy atom. The third kappa shape index (κ3) is 4.42. The minimum absolute atomic E-state index is 0.00697. The largest absolute Gasteiger partial charge is 0.481 e. The van der Waals surface area contributed by atoms with Gasteiger partial charge in [0.05, 0.1) is 5.92 Å². The van der Waals surface area contributed by atoms with E-state index < -0.39 is 5.97 Å². The average Bonchev–Trinajstić information content (AvgIpc) is 2.72. The van der Waals surface area contributed by atoms with Crippen LogP contribution in [0.25, 0.3) is 0 Å². The molecule has 0 aromatic rings. The van der Waals surface area contributed by atoms with Crippen molar-refractivity contribution in [2.45, 2.75) is 88.6 Å². The van der Waals surface area contributed by atoms with Gasteiger partial charge in [-0.15, -0.1) is 0 Å². The summed E-state index contributed by atoms with van der Waals surface area (Å²) in [6.07, 6.45) is 12.0. The van der Waals surface area contributed by atoms with Gasteiger partial charge in [-0.25, -0.2) is 4.79 Å². The number of carbonyl (C=O) groups excluding carboxylic acids is 2. The van der Waals surface area contributed by atoms with E-state index in [0.29, 0.717) is 25.9 Å². The molecule has 0 radical (unpaired) electrons. The number of likely N-dealkylation sites (tertiary alicyclic amines) is 1. The number of hydrogen-bond acceptors (Lipinski definition) is 3. The predicted molar refractivity (Wildman–Crippen MR) is 115 cm³/mol. The minimum atomic E-state index is -0.745. The molecule has 7 heteroatoms. The van der Waals surface area contributed by atoms with E-state index in [1.54, 1.807) is 0 Å². The molecule has 7 nitrogen and oxygen atoms in total. The highest BCUT2D eigenvalue weighted by molar-refractivity contribution is 5.80. The Kier molecular flexibility index (Phi) is 5.63. The third-order valence-electron chi connectivity index (χ3n) is 8.98. The van der Waals surface area contributed by atoms with Crippen molar-refractivity contribution in [3.8, 4) is 0 Å². The molecule has 6 aliphatic rings. The first-order valence-electron chi connectivity index (χ1n) is 12.5. The van der Waals surface area contributed by atoms with E-state index in [1.165, 1.54) is 19.3 Å². The molecule has 0 spiro atoms. The van der Waals surface area contributed by atoms with Gasteiger partial charge in [0.15, 0.2) is 0 Å². The van der Waals surface area contributed by atoms with Crippen molar-refractivity contribution in [2.75, 3.05) is 13.1 Å². The van der Waals surface area contributed by atoms with Crippen LogP contribution in [0.15, 0.2) is 0 Å². The topological polar surface area (TPSA) is 98.7 Å². The van der Waals surface area contributed by atoms with Crippen LogP contribution in [0.2, 0.25) is 0 Å². The number of carboxylic acids is 1. The third-order valence-corrected chi connectivity index (χ3v) is 8.98. The van der Waals surface area contributed by atoms with E-state index in [1.807, 2.05) is 4.90 Å². The zero-order valence-electron chi connectivity index (χ0n) is 18.5. The summed E-state index contributed by atoms with van der Waals surface area (Å²) >= 11 is 0. The normalized spacial score (nSPS) is 39.9. The number of nitrogens with zero attached hydrogens (tertiary/aromatic N) is 1. The molecule has 1 saturated heterocycles. The Hall–Kier alpha value is -1.79. The van der Waals surface area contributed by atoms with Gasteiger partial charge in [-0.3, -0.25) is 9.59 Å². The summed E-state index contributed by atoms with van der Waals surface area (Å²) in [6, 6.07) is 0.142. The van der Waals surface area contributed by atoms with Gasteiger partial charge in [0, 0.05) is 30.6 Å². The molecule has 0 unspecified atom stereocenters. The van der Waals surface area contributed by atoms with Crippen LogP contribution in [0.5, 0.6) is 0 Å². The molecule has 0 aromatic carbocycles. The van der Waals surface area contributed by atoms with Crippen molar-refractivity contribution in [3.63, 3.8) is 0 Å². The molecule has 0 aromatic heterocycles. The number of carboxylic acid groups (broad SMARTS) is 1. The number of carbonyl (C=O) groups is 3. The minimum Gasteiger partial charge on any atom is -0.481 e. The summed E-state index contributed by atoms with van der Waals surface area (Å²) < 4.78 is 0. The molecule has 6 rings (SSSR count). The summed E-state index contributed by atoms with van der Waals surface area (Å²) in [6.45, 7) is 1.11. The van der Waals surface area contributed by atoms with Gasteiger partial charge in [-0.05, 0) is 94.8 Å². The van der Waals surface area contributed by atoms with Crippen LogP contribution < -0.4 is 10.6 Å². The van der Waals surface area contributed by atoms with Gasteiger partial charge in [-0.2, -0.15) is 0 Å². The van der Waals surface area contributed by atoms with Crippen LogP contribution in [0.1, 0.15) is 77.0 Å². The van der Waals surface area contributed by atoms with Crippen molar-refractivity contribution in [3.05, 3.63) is 0 Å². The van der Waals surface area contributed by atoms with E-state index in [2.05, 4.69) is 10.6 Å². The smallest absolute Gasteiger partial charge is 0.315 e.